The number of hydrogen-bond donors (Lipinski definition) is 2. The van der Waals surface area contributed by atoms with Crippen LogP contribution in [0.4, 0.5) is 0 Å². The van der Waals surface area contributed by atoms with Crippen LogP contribution in [0.3, 0.4) is 0 Å². The van der Waals surface area contributed by atoms with Crippen molar-refractivity contribution in [2.24, 2.45) is 0 Å². The molecule has 0 saturated carbocycles. The Morgan fingerprint density at radius 1 is 1.56 bits per heavy atom. The van der Waals surface area contributed by atoms with Crippen molar-refractivity contribution in [2.75, 3.05) is 12.3 Å². The van der Waals surface area contributed by atoms with E-state index in [2.05, 4.69) is 14.9 Å². The highest BCUT2D eigenvalue weighted by molar-refractivity contribution is 8.00. The van der Waals surface area contributed by atoms with Gasteiger partial charge in [-0.2, -0.15) is 16.9 Å². The van der Waals surface area contributed by atoms with Crippen molar-refractivity contribution in [1.29, 1.82) is 0 Å². The summed E-state index contributed by atoms with van der Waals surface area (Å²) in [7, 11) is -3.40. The maximum absolute atomic E-state index is 11.7. The minimum atomic E-state index is -3.40. The first-order chi connectivity index (χ1) is 7.68. The highest BCUT2D eigenvalue weighted by Crippen LogP contribution is 2.24. The first kappa shape index (κ1) is 11.9. The lowest BCUT2D eigenvalue weighted by atomic mass is 10.2. The number of nitrogens with one attached hydrogen (secondary N) is 2. The number of aromatic amines is 1. The number of rotatable bonds is 4. The van der Waals surface area contributed by atoms with Gasteiger partial charge in [0.05, 0.1) is 6.20 Å². The van der Waals surface area contributed by atoms with E-state index < -0.39 is 10.0 Å². The van der Waals surface area contributed by atoms with Crippen LogP contribution in [0.25, 0.3) is 0 Å². The summed E-state index contributed by atoms with van der Waals surface area (Å²) in [5, 5.41) is 6.63. The van der Waals surface area contributed by atoms with E-state index in [0.29, 0.717) is 11.8 Å². The van der Waals surface area contributed by atoms with Crippen molar-refractivity contribution in [3.63, 3.8) is 0 Å². The van der Waals surface area contributed by atoms with Gasteiger partial charge in [-0.05, 0) is 24.7 Å². The maximum Gasteiger partial charge on any atom is 0.257 e. The summed E-state index contributed by atoms with van der Waals surface area (Å²) >= 11 is 1.85. The van der Waals surface area contributed by atoms with Gasteiger partial charge in [-0.15, -0.1) is 0 Å². The fourth-order valence-corrected chi connectivity index (χ4v) is 3.97. The van der Waals surface area contributed by atoms with Gasteiger partial charge in [0, 0.05) is 11.8 Å². The van der Waals surface area contributed by atoms with E-state index >= 15 is 0 Å². The quantitative estimate of drug-likeness (QED) is 0.847. The Balaban J connectivity index is 1.89. The molecule has 0 aromatic carbocycles. The average Bonchev–Trinajstić information content (AvgIpc) is 2.82. The standard InChI is InChI=1S/C9H15N3O2S2/c13-16(14,9-4-5-10-12-9)11-7-8-3-1-2-6-15-8/h4-5,8,11H,1-3,6-7H2,(H,10,12). The molecule has 1 aliphatic rings. The molecule has 1 saturated heterocycles. The van der Waals surface area contributed by atoms with Crippen LogP contribution in [-0.4, -0.2) is 36.2 Å². The van der Waals surface area contributed by atoms with Crippen molar-refractivity contribution >= 4 is 21.8 Å². The molecule has 0 spiro atoms. The highest BCUT2D eigenvalue weighted by Gasteiger charge is 2.19. The zero-order valence-corrected chi connectivity index (χ0v) is 10.5. The summed E-state index contributed by atoms with van der Waals surface area (Å²) in [6.07, 6.45) is 4.97. The van der Waals surface area contributed by atoms with E-state index in [4.69, 9.17) is 0 Å². The van der Waals surface area contributed by atoms with Crippen LogP contribution in [0.1, 0.15) is 19.3 Å². The van der Waals surface area contributed by atoms with E-state index in [0.717, 1.165) is 12.2 Å². The van der Waals surface area contributed by atoms with Gasteiger partial charge < -0.3 is 0 Å². The molecule has 16 heavy (non-hydrogen) atoms. The van der Waals surface area contributed by atoms with Crippen LogP contribution in [0.2, 0.25) is 0 Å². The van der Waals surface area contributed by atoms with Crippen LogP contribution < -0.4 is 4.72 Å². The molecule has 7 heteroatoms. The molecule has 1 aliphatic heterocycles. The van der Waals surface area contributed by atoms with Gasteiger partial charge in [0.15, 0.2) is 5.03 Å². The summed E-state index contributed by atoms with van der Waals surface area (Å²) in [5.41, 5.74) is 0. The van der Waals surface area contributed by atoms with Gasteiger partial charge >= 0.3 is 0 Å². The predicted molar refractivity (Wildman–Crippen MR) is 63.9 cm³/mol. The van der Waals surface area contributed by atoms with Gasteiger partial charge in [-0.3, -0.25) is 5.10 Å². The monoisotopic (exact) mass is 261 g/mol. The Kier molecular flexibility index (Phi) is 3.88. The predicted octanol–water partition coefficient (Wildman–Crippen LogP) is 0.974. The summed E-state index contributed by atoms with van der Waals surface area (Å²) in [6, 6.07) is 1.45. The second-order valence-electron chi connectivity index (χ2n) is 3.76. The lowest BCUT2D eigenvalue weighted by Gasteiger charge is -2.21. The van der Waals surface area contributed by atoms with Crippen molar-refractivity contribution in [1.82, 2.24) is 14.9 Å². The molecular weight excluding hydrogens is 246 g/mol. The molecule has 0 aliphatic carbocycles. The SMILES string of the molecule is O=S(=O)(NCC1CCCCS1)c1ccn[nH]1. The molecule has 1 atom stereocenters. The third kappa shape index (κ3) is 2.99. The number of thioether (sulfide) groups is 1. The Hall–Kier alpha value is -0.530. The fourth-order valence-electron chi connectivity index (χ4n) is 1.64. The Bertz CT molecular complexity index is 410. The lowest BCUT2D eigenvalue weighted by Crippen LogP contribution is -2.32. The molecule has 5 nitrogen and oxygen atoms in total. The molecule has 0 amide bonds. The van der Waals surface area contributed by atoms with E-state index in [1.54, 1.807) is 0 Å². The lowest BCUT2D eigenvalue weighted by molar-refractivity contribution is 0.570. The number of hydrogen-bond acceptors (Lipinski definition) is 4. The minimum absolute atomic E-state index is 0.133. The molecule has 2 N–H and O–H groups in total. The molecule has 1 fully saturated rings. The van der Waals surface area contributed by atoms with Crippen molar-refractivity contribution < 1.29 is 8.42 Å². The molecule has 1 aromatic rings. The topological polar surface area (TPSA) is 74.8 Å². The van der Waals surface area contributed by atoms with Crippen molar-refractivity contribution in [2.45, 2.75) is 29.5 Å². The summed E-state index contributed by atoms with van der Waals surface area (Å²) in [6.45, 7) is 0.506. The van der Waals surface area contributed by atoms with E-state index in [1.807, 2.05) is 11.8 Å². The average molecular weight is 261 g/mol. The van der Waals surface area contributed by atoms with Gasteiger partial charge in [0.2, 0.25) is 0 Å². The molecule has 0 radical (unpaired) electrons. The summed E-state index contributed by atoms with van der Waals surface area (Å²) in [4.78, 5) is 0. The third-order valence-corrected chi connectivity index (χ3v) is 5.29. The summed E-state index contributed by atoms with van der Waals surface area (Å²) < 4.78 is 26.1. The second kappa shape index (κ2) is 5.20. The molecule has 0 bridgehead atoms. The van der Waals surface area contributed by atoms with Crippen LogP contribution in [0.5, 0.6) is 0 Å². The molecular formula is C9H15N3O2S2. The normalized spacial score (nSPS) is 22.1. The molecule has 2 rings (SSSR count). The van der Waals surface area contributed by atoms with E-state index in [9.17, 15) is 8.42 Å². The number of aromatic nitrogens is 2. The van der Waals surface area contributed by atoms with Crippen molar-refractivity contribution in [3.8, 4) is 0 Å². The zero-order valence-electron chi connectivity index (χ0n) is 8.85. The van der Waals surface area contributed by atoms with Gasteiger partial charge in [0.1, 0.15) is 0 Å². The maximum atomic E-state index is 11.7. The largest absolute Gasteiger partial charge is 0.266 e. The number of H-pyrrole nitrogens is 1. The van der Waals surface area contributed by atoms with Crippen LogP contribution in [0.15, 0.2) is 17.3 Å². The first-order valence-corrected chi connectivity index (χ1v) is 7.82. The van der Waals surface area contributed by atoms with Gasteiger partial charge in [-0.1, -0.05) is 6.42 Å². The second-order valence-corrected chi connectivity index (χ2v) is 6.90. The van der Waals surface area contributed by atoms with Crippen LogP contribution >= 0.6 is 11.8 Å². The fraction of sp³-hybridized carbons (Fsp3) is 0.667. The number of sulfonamides is 1. The molecule has 1 aromatic heterocycles. The Labute approximate surface area is 99.4 Å². The minimum Gasteiger partial charge on any atom is -0.266 e. The summed E-state index contributed by atoms with van der Waals surface area (Å²) in [5.74, 6) is 1.14. The zero-order chi connectivity index (χ0) is 11.4. The van der Waals surface area contributed by atoms with E-state index in [-0.39, 0.29) is 5.03 Å². The Morgan fingerprint density at radius 3 is 3.06 bits per heavy atom. The van der Waals surface area contributed by atoms with Crippen molar-refractivity contribution in [3.05, 3.63) is 12.3 Å². The first-order valence-electron chi connectivity index (χ1n) is 5.29. The third-order valence-electron chi connectivity index (χ3n) is 2.54. The smallest absolute Gasteiger partial charge is 0.257 e. The Morgan fingerprint density at radius 2 is 2.44 bits per heavy atom. The molecule has 2 heterocycles. The van der Waals surface area contributed by atoms with Crippen LogP contribution in [0, 0.1) is 0 Å². The van der Waals surface area contributed by atoms with E-state index in [1.165, 1.54) is 25.1 Å². The molecule has 90 valence electrons. The van der Waals surface area contributed by atoms with Gasteiger partial charge in [0.25, 0.3) is 10.0 Å². The molecule has 1 unspecified atom stereocenters. The highest BCUT2D eigenvalue weighted by atomic mass is 32.2. The van der Waals surface area contributed by atoms with Gasteiger partial charge in [-0.25, -0.2) is 13.1 Å². The van der Waals surface area contributed by atoms with Crippen LogP contribution in [-0.2, 0) is 10.0 Å². The number of nitrogens with zero attached hydrogens (tertiary/aromatic N) is 1.